The summed E-state index contributed by atoms with van der Waals surface area (Å²) < 4.78 is 15.5. The molecule has 0 spiro atoms. The average molecular weight is 451 g/mol. The van der Waals surface area contributed by atoms with Crippen LogP contribution >= 0.6 is 0 Å². The molecule has 3 aromatic rings. The third kappa shape index (κ3) is 5.57. The van der Waals surface area contributed by atoms with Crippen LogP contribution in [0.1, 0.15) is 46.2 Å². The van der Waals surface area contributed by atoms with Gasteiger partial charge in [0, 0.05) is 16.6 Å². The molecule has 0 saturated heterocycles. The van der Waals surface area contributed by atoms with E-state index < -0.39 is 24.4 Å². The number of para-hydroxylation sites is 1. The summed E-state index contributed by atoms with van der Waals surface area (Å²) in [5, 5.41) is 0.633. The smallest absolute Gasteiger partial charge is 0.339 e. The second kappa shape index (κ2) is 10.4. The van der Waals surface area contributed by atoms with Crippen LogP contribution in [0.3, 0.4) is 0 Å². The van der Waals surface area contributed by atoms with E-state index in [1.165, 1.54) is 26.4 Å². The number of carbonyl (C=O) groups is 3. The Morgan fingerprint density at radius 1 is 0.939 bits per heavy atom. The fourth-order valence-electron chi connectivity index (χ4n) is 3.08. The molecule has 2 aromatic carbocycles. The zero-order valence-corrected chi connectivity index (χ0v) is 18.8. The number of hydrazine groups is 1. The SMILES string of the molecule is COc1ccc(C(=O)NNC(=O)COC(=O)c2cc(C(C)C)nc3ccccc23)cc1OC. The molecule has 1 heterocycles. The van der Waals surface area contributed by atoms with Gasteiger partial charge in [0.1, 0.15) is 0 Å². The number of esters is 1. The maximum Gasteiger partial charge on any atom is 0.339 e. The van der Waals surface area contributed by atoms with Crippen LogP contribution in [0, 0.1) is 0 Å². The van der Waals surface area contributed by atoms with Crippen LogP contribution in [-0.2, 0) is 9.53 Å². The molecule has 0 aliphatic heterocycles. The Balaban J connectivity index is 1.61. The monoisotopic (exact) mass is 451 g/mol. The van der Waals surface area contributed by atoms with Crippen molar-refractivity contribution in [2.24, 2.45) is 0 Å². The Bertz CT molecular complexity index is 1190. The molecule has 172 valence electrons. The molecule has 0 fully saturated rings. The molecule has 9 nitrogen and oxygen atoms in total. The number of benzene rings is 2. The fourth-order valence-corrected chi connectivity index (χ4v) is 3.08. The minimum atomic E-state index is -0.695. The van der Waals surface area contributed by atoms with Crippen molar-refractivity contribution in [1.82, 2.24) is 15.8 Å². The number of pyridine rings is 1. The van der Waals surface area contributed by atoms with Crippen LogP contribution in [0.4, 0.5) is 0 Å². The molecule has 0 aliphatic rings. The number of rotatable bonds is 7. The van der Waals surface area contributed by atoms with Crippen molar-refractivity contribution in [3.05, 3.63) is 65.4 Å². The second-order valence-electron chi connectivity index (χ2n) is 7.41. The van der Waals surface area contributed by atoms with Gasteiger partial charge in [-0.15, -0.1) is 0 Å². The number of nitrogens with zero attached hydrogens (tertiary/aromatic N) is 1. The number of methoxy groups -OCH3 is 2. The number of ether oxygens (including phenoxy) is 3. The molecule has 0 unspecified atom stereocenters. The van der Waals surface area contributed by atoms with Gasteiger partial charge in [-0.2, -0.15) is 0 Å². The van der Waals surface area contributed by atoms with Gasteiger partial charge >= 0.3 is 5.97 Å². The van der Waals surface area contributed by atoms with E-state index in [4.69, 9.17) is 14.2 Å². The van der Waals surface area contributed by atoms with Gasteiger partial charge in [-0.25, -0.2) is 4.79 Å². The molecule has 33 heavy (non-hydrogen) atoms. The number of nitrogens with one attached hydrogen (secondary N) is 2. The Morgan fingerprint density at radius 3 is 2.36 bits per heavy atom. The predicted octanol–water partition coefficient (Wildman–Crippen LogP) is 2.99. The second-order valence-corrected chi connectivity index (χ2v) is 7.41. The largest absolute Gasteiger partial charge is 0.493 e. The lowest BCUT2D eigenvalue weighted by atomic mass is 10.0. The molecule has 0 saturated carbocycles. The van der Waals surface area contributed by atoms with E-state index in [9.17, 15) is 14.4 Å². The van der Waals surface area contributed by atoms with Crippen LogP contribution in [0.2, 0.25) is 0 Å². The summed E-state index contributed by atoms with van der Waals surface area (Å²) in [6.07, 6.45) is 0. The normalized spacial score (nSPS) is 10.6. The summed E-state index contributed by atoms with van der Waals surface area (Å²) in [6.45, 7) is 3.38. The van der Waals surface area contributed by atoms with Gasteiger partial charge in [0.05, 0.1) is 25.3 Å². The Kier molecular flexibility index (Phi) is 7.45. The number of carbonyl (C=O) groups excluding carboxylic acids is 3. The minimum Gasteiger partial charge on any atom is -0.493 e. The van der Waals surface area contributed by atoms with Crippen molar-refractivity contribution in [1.29, 1.82) is 0 Å². The first-order chi connectivity index (χ1) is 15.8. The lowest BCUT2D eigenvalue weighted by Gasteiger charge is -2.12. The minimum absolute atomic E-state index is 0.108. The number of aromatic nitrogens is 1. The molecule has 2 N–H and O–H groups in total. The van der Waals surface area contributed by atoms with Crippen LogP contribution in [0.25, 0.3) is 10.9 Å². The van der Waals surface area contributed by atoms with E-state index in [-0.39, 0.29) is 11.5 Å². The quantitative estimate of drug-likeness (QED) is 0.419. The molecule has 0 bridgehead atoms. The topological polar surface area (TPSA) is 116 Å². The van der Waals surface area contributed by atoms with Crippen molar-refractivity contribution in [3.63, 3.8) is 0 Å². The van der Waals surface area contributed by atoms with Crippen molar-refractivity contribution >= 4 is 28.7 Å². The van der Waals surface area contributed by atoms with Gasteiger partial charge in [-0.1, -0.05) is 32.0 Å². The number of fused-ring (bicyclic) bond motifs is 1. The van der Waals surface area contributed by atoms with E-state index in [1.807, 2.05) is 26.0 Å². The molecular weight excluding hydrogens is 426 g/mol. The zero-order valence-electron chi connectivity index (χ0n) is 18.8. The van der Waals surface area contributed by atoms with E-state index >= 15 is 0 Å². The zero-order chi connectivity index (χ0) is 24.0. The van der Waals surface area contributed by atoms with Gasteiger partial charge in [-0.3, -0.25) is 25.4 Å². The fraction of sp³-hybridized carbons (Fsp3) is 0.250. The van der Waals surface area contributed by atoms with Gasteiger partial charge in [0.2, 0.25) is 0 Å². The van der Waals surface area contributed by atoms with Crippen molar-refractivity contribution in [3.8, 4) is 11.5 Å². The molecule has 0 radical (unpaired) electrons. The Morgan fingerprint density at radius 2 is 1.67 bits per heavy atom. The summed E-state index contributed by atoms with van der Waals surface area (Å²) in [5.41, 5.74) is 6.47. The highest BCUT2D eigenvalue weighted by Crippen LogP contribution is 2.27. The van der Waals surface area contributed by atoms with Gasteiger partial charge in [0.15, 0.2) is 18.1 Å². The van der Waals surface area contributed by atoms with E-state index in [2.05, 4.69) is 15.8 Å². The molecule has 0 aliphatic carbocycles. The molecule has 1 aromatic heterocycles. The highest BCUT2D eigenvalue weighted by Gasteiger charge is 2.17. The van der Waals surface area contributed by atoms with E-state index in [0.29, 0.717) is 28.0 Å². The van der Waals surface area contributed by atoms with Crippen LogP contribution in [-0.4, -0.2) is 43.6 Å². The highest BCUT2D eigenvalue weighted by molar-refractivity contribution is 6.04. The summed E-state index contributed by atoms with van der Waals surface area (Å²) in [5.74, 6) is -0.977. The third-order valence-electron chi connectivity index (χ3n) is 4.84. The van der Waals surface area contributed by atoms with Crippen LogP contribution < -0.4 is 20.3 Å². The summed E-state index contributed by atoms with van der Waals surface area (Å²) in [7, 11) is 2.93. The maximum atomic E-state index is 12.7. The molecule has 2 amide bonds. The maximum absolute atomic E-state index is 12.7. The third-order valence-corrected chi connectivity index (χ3v) is 4.84. The summed E-state index contributed by atoms with van der Waals surface area (Å²) in [6, 6.07) is 13.5. The number of amides is 2. The first-order valence-electron chi connectivity index (χ1n) is 10.2. The van der Waals surface area contributed by atoms with E-state index in [0.717, 1.165) is 5.69 Å². The Labute approximate surface area is 191 Å². The predicted molar refractivity (Wildman–Crippen MR) is 121 cm³/mol. The summed E-state index contributed by atoms with van der Waals surface area (Å²) in [4.78, 5) is 41.7. The van der Waals surface area contributed by atoms with Crippen LogP contribution in [0.15, 0.2) is 48.5 Å². The molecular formula is C24H25N3O6. The number of hydrogen-bond donors (Lipinski definition) is 2. The Hall–Kier alpha value is -4.14. The van der Waals surface area contributed by atoms with Crippen molar-refractivity contribution < 1.29 is 28.6 Å². The van der Waals surface area contributed by atoms with Gasteiger partial charge in [0.25, 0.3) is 11.8 Å². The first kappa shape index (κ1) is 23.5. The van der Waals surface area contributed by atoms with E-state index in [1.54, 1.807) is 24.3 Å². The average Bonchev–Trinajstić information content (AvgIpc) is 2.84. The molecule has 0 atom stereocenters. The van der Waals surface area contributed by atoms with Crippen LogP contribution in [0.5, 0.6) is 11.5 Å². The first-order valence-corrected chi connectivity index (χ1v) is 10.2. The van der Waals surface area contributed by atoms with Gasteiger partial charge < -0.3 is 14.2 Å². The lowest BCUT2D eigenvalue weighted by Crippen LogP contribution is -2.43. The van der Waals surface area contributed by atoms with Crippen molar-refractivity contribution in [2.75, 3.05) is 20.8 Å². The highest BCUT2D eigenvalue weighted by atomic mass is 16.5. The lowest BCUT2D eigenvalue weighted by molar-refractivity contribution is -0.125. The van der Waals surface area contributed by atoms with Crippen molar-refractivity contribution in [2.45, 2.75) is 19.8 Å². The number of hydrogen-bond acceptors (Lipinski definition) is 7. The standard InChI is InChI=1S/C24H25N3O6/c1-14(2)19-12-17(16-7-5-6-8-18(16)25-19)24(30)33-13-22(28)26-27-23(29)15-9-10-20(31-3)21(11-15)32-4/h5-12,14H,13H2,1-4H3,(H,26,28)(H,27,29). The summed E-state index contributed by atoms with van der Waals surface area (Å²) >= 11 is 0. The van der Waals surface area contributed by atoms with Gasteiger partial charge in [-0.05, 0) is 36.2 Å². The molecule has 3 rings (SSSR count). The molecule has 9 heteroatoms.